The van der Waals surface area contributed by atoms with Crippen molar-refractivity contribution in [1.29, 1.82) is 0 Å². The van der Waals surface area contributed by atoms with Gasteiger partial charge in [-0.1, -0.05) is 39.0 Å². The van der Waals surface area contributed by atoms with Gasteiger partial charge in [-0.3, -0.25) is 0 Å². The van der Waals surface area contributed by atoms with Crippen molar-refractivity contribution in [3.05, 3.63) is 30.3 Å². The lowest BCUT2D eigenvalue weighted by atomic mass is 10.3. The summed E-state index contributed by atoms with van der Waals surface area (Å²) in [6.45, 7) is 10.1. The Morgan fingerprint density at radius 2 is 1.50 bits per heavy atom. The van der Waals surface area contributed by atoms with Crippen LogP contribution in [0.3, 0.4) is 0 Å². The summed E-state index contributed by atoms with van der Waals surface area (Å²) in [7, 11) is 0. The lowest BCUT2D eigenvalue weighted by molar-refractivity contribution is 0.321. The van der Waals surface area contributed by atoms with Gasteiger partial charge in [0.25, 0.3) is 0 Å². The molecule has 0 aromatic heterocycles. The molecule has 0 fully saturated rings. The monoisotopic (exact) mass is 290 g/mol. The highest BCUT2D eigenvalue weighted by atomic mass is 32.1. The van der Waals surface area contributed by atoms with Crippen LogP contribution in [0.4, 0.5) is 10.1 Å². The number of nitrogens with zero attached hydrogens (tertiary/aromatic N) is 1. The molecule has 18 heavy (non-hydrogen) atoms. The first-order valence-corrected chi connectivity index (χ1v) is 6.74. The van der Waals surface area contributed by atoms with Crippen molar-refractivity contribution in [2.45, 2.75) is 20.8 Å². The van der Waals surface area contributed by atoms with E-state index in [9.17, 15) is 4.39 Å². The number of benzene rings is 1. The number of thiocarbonyl (C=S) groups is 1. The highest BCUT2D eigenvalue weighted by Gasteiger charge is 1.89. The first kappa shape index (κ1) is 19.7. The summed E-state index contributed by atoms with van der Waals surface area (Å²) in [5, 5.41) is 0. The number of para-hydroxylation sites is 1. The normalized spacial score (nSPS) is 8.78. The van der Waals surface area contributed by atoms with Crippen molar-refractivity contribution in [3.63, 3.8) is 0 Å². The molecule has 0 heterocycles. The Bertz CT molecular complexity index is 281. The van der Waals surface area contributed by atoms with Crippen molar-refractivity contribution >= 4 is 35.0 Å². The van der Waals surface area contributed by atoms with Gasteiger partial charge in [-0.15, -0.1) is 12.6 Å². The summed E-state index contributed by atoms with van der Waals surface area (Å²) in [4.78, 5) is 2.38. The predicted octanol–water partition coefficient (Wildman–Crippen LogP) is 3.79. The second kappa shape index (κ2) is 14.4. The zero-order valence-corrected chi connectivity index (χ0v) is 13.0. The Kier molecular flexibility index (Phi) is 15.8. The minimum Gasteiger partial charge on any atom is -0.399 e. The van der Waals surface area contributed by atoms with Gasteiger partial charge in [0.1, 0.15) is 0 Å². The first-order valence-electron chi connectivity index (χ1n) is 5.89. The molecule has 0 unspecified atom stereocenters. The van der Waals surface area contributed by atoms with Gasteiger partial charge in [-0.2, -0.15) is 4.39 Å². The summed E-state index contributed by atoms with van der Waals surface area (Å²) >= 11 is 6.77. The van der Waals surface area contributed by atoms with Gasteiger partial charge in [0.05, 0.1) is 0 Å². The average Bonchev–Trinajstić information content (AvgIpc) is 2.32. The highest BCUT2D eigenvalue weighted by molar-refractivity contribution is 8.10. The van der Waals surface area contributed by atoms with E-state index in [4.69, 9.17) is 5.73 Å². The van der Waals surface area contributed by atoms with Crippen molar-refractivity contribution in [2.75, 3.05) is 25.4 Å². The summed E-state index contributed by atoms with van der Waals surface area (Å²) in [5.74, 6) is 0. The Hall–Kier alpha value is -0.650. The third-order valence-corrected chi connectivity index (χ3v) is 2.14. The smallest absolute Gasteiger partial charge is 0.217 e. The van der Waals surface area contributed by atoms with Crippen molar-refractivity contribution in [3.8, 4) is 0 Å². The third kappa shape index (κ3) is 17.7. The summed E-state index contributed by atoms with van der Waals surface area (Å²) in [6.07, 6.45) is 0. The van der Waals surface area contributed by atoms with Gasteiger partial charge in [-0.05, 0) is 44.0 Å². The van der Waals surface area contributed by atoms with E-state index >= 15 is 0 Å². The molecular formula is C13H23FN2S2. The van der Waals surface area contributed by atoms with Crippen LogP contribution in [0, 0.1) is 0 Å². The maximum absolute atomic E-state index is 10.6. The Morgan fingerprint density at radius 1 is 1.17 bits per heavy atom. The molecule has 0 atom stereocenters. The minimum atomic E-state index is -0.806. The number of hydrogen-bond acceptors (Lipinski definition) is 3. The van der Waals surface area contributed by atoms with Gasteiger partial charge < -0.3 is 10.6 Å². The molecule has 5 heteroatoms. The number of anilines is 1. The highest BCUT2D eigenvalue weighted by Crippen LogP contribution is 1.95. The molecule has 0 aliphatic carbocycles. The van der Waals surface area contributed by atoms with Crippen molar-refractivity contribution in [2.24, 2.45) is 0 Å². The van der Waals surface area contributed by atoms with E-state index in [0.29, 0.717) is 0 Å². The van der Waals surface area contributed by atoms with Crippen LogP contribution in [0.15, 0.2) is 30.3 Å². The van der Waals surface area contributed by atoms with Crippen LogP contribution in [-0.4, -0.2) is 29.0 Å². The number of hydrogen-bond donors (Lipinski definition) is 2. The quantitative estimate of drug-likeness (QED) is 0.384. The zero-order valence-electron chi connectivity index (χ0n) is 11.3. The van der Waals surface area contributed by atoms with E-state index in [1.807, 2.05) is 30.3 Å². The van der Waals surface area contributed by atoms with Crippen molar-refractivity contribution in [1.82, 2.24) is 4.90 Å². The molecular weight excluding hydrogens is 267 g/mol. The van der Waals surface area contributed by atoms with Crippen LogP contribution in [0.5, 0.6) is 0 Å². The SMILES string of the molecule is CCN(CC)CC.FC(=S)S.Nc1ccccc1. The van der Waals surface area contributed by atoms with Gasteiger partial charge in [0.2, 0.25) is 4.45 Å². The zero-order chi connectivity index (χ0) is 14.4. The fourth-order valence-electron chi connectivity index (χ4n) is 1.12. The number of rotatable bonds is 3. The summed E-state index contributed by atoms with van der Waals surface area (Å²) < 4.78 is 9.79. The van der Waals surface area contributed by atoms with Gasteiger partial charge in [0, 0.05) is 5.69 Å². The summed E-state index contributed by atoms with van der Waals surface area (Å²) in [6, 6.07) is 9.49. The number of nitrogens with two attached hydrogens (primary N) is 1. The maximum atomic E-state index is 10.6. The van der Waals surface area contributed by atoms with E-state index in [1.165, 1.54) is 19.6 Å². The van der Waals surface area contributed by atoms with Crippen LogP contribution in [-0.2, 0) is 0 Å². The van der Waals surface area contributed by atoms with Gasteiger partial charge in [-0.25, -0.2) is 0 Å². The standard InChI is InChI=1S/C6H7N.C6H15N.CHFS2/c7-6-4-2-1-3-5-6;1-4-7(5-2)6-3;2-1(3)4/h1-5H,7H2;4-6H2,1-3H3;(H,3,4). The van der Waals surface area contributed by atoms with E-state index in [-0.39, 0.29) is 0 Å². The lowest BCUT2D eigenvalue weighted by Crippen LogP contribution is -2.21. The second-order valence-corrected chi connectivity index (χ2v) is 4.34. The number of nitrogen functional groups attached to an aromatic ring is 1. The largest absolute Gasteiger partial charge is 0.399 e. The first-order chi connectivity index (χ1) is 8.47. The summed E-state index contributed by atoms with van der Waals surface area (Å²) in [5.41, 5.74) is 6.18. The molecule has 104 valence electrons. The predicted molar refractivity (Wildman–Crippen MR) is 87.0 cm³/mol. The van der Waals surface area contributed by atoms with Gasteiger partial charge in [0.15, 0.2) is 0 Å². The second-order valence-electron chi connectivity index (χ2n) is 3.28. The molecule has 1 aromatic carbocycles. The molecule has 0 aliphatic heterocycles. The van der Waals surface area contributed by atoms with E-state index in [1.54, 1.807) is 0 Å². The molecule has 1 aromatic rings. The molecule has 0 saturated heterocycles. The average molecular weight is 290 g/mol. The van der Waals surface area contributed by atoms with Crippen LogP contribution >= 0.6 is 24.8 Å². The fourth-order valence-corrected chi connectivity index (χ4v) is 1.12. The Balaban J connectivity index is 0. The molecule has 0 spiro atoms. The molecule has 1 rings (SSSR count). The topological polar surface area (TPSA) is 29.3 Å². The molecule has 0 saturated carbocycles. The molecule has 2 N–H and O–H groups in total. The Morgan fingerprint density at radius 3 is 1.61 bits per heavy atom. The lowest BCUT2D eigenvalue weighted by Gasteiger charge is -2.13. The minimum absolute atomic E-state index is 0.806. The molecule has 0 amide bonds. The molecule has 0 aliphatic rings. The van der Waals surface area contributed by atoms with E-state index in [0.717, 1.165) is 5.69 Å². The van der Waals surface area contributed by atoms with Crippen molar-refractivity contribution < 1.29 is 4.39 Å². The Labute approximate surface area is 121 Å². The number of halogens is 1. The van der Waals surface area contributed by atoms with Crippen LogP contribution in [0.1, 0.15) is 20.8 Å². The maximum Gasteiger partial charge on any atom is 0.217 e. The van der Waals surface area contributed by atoms with Crippen LogP contribution in [0.25, 0.3) is 0 Å². The molecule has 0 radical (unpaired) electrons. The van der Waals surface area contributed by atoms with E-state index in [2.05, 4.69) is 50.5 Å². The van der Waals surface area contributed by atoms with Crippen LogP contribution in [0.2, 0.25) is 0 Å². The number of thiol groups is 1. The molecule has 0 bridgehead atoms. The van der Waals surface area contributed by atoms with Crippen LogP contribution < -0.4 is 5.73 Å². The third-order valence-electron chi connectivity index (χ3n) is 2.14. The van der Waals surface area contributed by atoms with Gasteiger partial charge >= 0.3 is 0 Å². The fraction of sp³-hybridized carbons (Fsp3) is 0.462. The molecule has 2 nitrogen and oxygen atoms in total. The van der Waals surface area contributed by atoms with E-state index < -0.39 is 4.45 Å².